The first-order valence-electron chi connectivity index (χ1n) is 8.90. The van der Waals surface area contributed by atoms with Gasteiger partial charge in [-0.2, -0.15) is 0 Å². The van der Waals surface area contributed by atoms with Gasteiger partial charge in [0, 0.05) is 29.6 Å². The quantitative estimate of drug-likeness (QED) is 0.352. The first kappa shape index (κ1) is 20.0. The van der Waals surface area contributed by atoms with Crippen molar-refractivity contribution in [2.75, 3.05) is 5.32 Å². The molecule has 2 aromatic carbocycles. The monoisotopic (exact) mass is 435 g/mol. The van der Waals surface area contributed by atoms with Crippen LogP contribution in [0.3, 0.4) is 0 Å². The molecule has 154 valence electrons. The van der Waals surface area contributed by atoms with Crippen LogP contribution < -0.4 is 5.32 Å². The van der Waals surface area contributed by atoms with Gasteiger partial charge in [0.1, 0.15) is 15.4 Å². The van der Waals surface area contributed by atoms with Crippen LogP contribution in [0.4, 0.5) is 17.1 Å². The van der Waals surface area contributed by atoms with Gasteiger partial charge in [0.2, 0.25) is 0 Å². The molecule has 0 bridgehead atoms. The minimum Gasteiger partial charge on any atom is -0.322 e. The molecular formula is C20H13N5O5S. The molecule has 0 fully saturated rings. The second-order valence-corrected chi connectivity index (χ2v) is 7.51. The van der Waals surface area contributed by atoms with Gasteiger partial charge in [-0.25, -0.2) is 9.97 Å². The van der Waals surface area contributed by atoms with Crippen molar-refractivity contribution in [3.8, 4) is 10.6 Å². The number of nitro benzene ring substituents is 2. The van der Waals surface area contributed by atoms with Crippen molar-refractivity contribution in [2.45, 2.75) is 6.92 Å². The van der Waals surface area contributed by atoms with E-state index in [9.17, 15) is 25.0 Å². The number of nitrogens with one attached hydrogen (secondary N) is 1. The van der Waals surface area contributed by atoms with Crippen LogP contribution >= 0.6 is 11.3 Å². The first-order chi connectivity index (χ1) is 14.8. The highest BCUT2D eigenvalue weighted by molar-refractivity contribution is 7.21. The zero-order valence-electron chi connectivity index (χ0n) is 15.9. The summed E-state index contributed by atoms with van der Waals surface area (Å²) in [5, 5.41) is 25.6. The van der Waals surface area contributed by atoms with E-state index in [4.69, 9.17) is 0 Å². The van der Waals surface area contributed by atoms with Gasteiger partial charge in [0.25, 0.3) is 17.3 Å². The largest absolute Gasteiger partial charge is 0.322 e. The lowest BCUT2D eigenvalue weighted by atomic mass is 10.1. The summed E-state index contributed by atoms with van der Waals surface area (Å²) in [7, 11) is 0. The maximum atomic E-state index is 12.7. The number of hydrogen-bond donors (Lipinski definition) is 1. The summed E-state index contributed by atoms with van der Waals surface area (Å²) in [6.45, 7) is 1.81. The van der Waals surface area contributed by atoms with Crippen LogP contribution in [0.1, 0.15) is 15.9 Å². The molecule has 0 saturated heterocycles. The Kier molecular flexibility index (Phi) is 5.09. The van der Waals surface area contributed by atoms with Crippen molar-refractivity contribution in [1.29, 1.82) is 0 Å². The number of aromatic nitrogens is 2. The first-order valence-corrected chi connectivity index (χ1v) is 9.72. The Morgan fingerprint density at radius 3 is 2.39 bits per heavy atom. The highest BCUT2D eigenvalue weighted by Gasteiger charge is 2.21. The van der Waals surface area contributed by atoms with Crippen LogP contribution in [0.25, 0.3) is 20.9 Å². The van der Waals surface area contributed by atoms with E-state index < -0.39 is 27.1 Å². The molecule has 4 aromatic rings. The lowest BCUT2D eigenvalue weighted by molar-refractivity contribution is -0.394. The molecule has 0 aliphatic rings. The normalized spacial score (nSPS) is 10.7. The zero-order valence-corrected chi connectivity index (χ0v) is 16.8. The molecule has 0 atom stereocenters. The fraction of sp³-hybridized carbons (Fsp3) is 0.0500. The average molecular weight is 435 g/mol. The SMILES string of the molecule is Cc1c(NC(=O)c2cc([N+](=O)[O-])cc([N+](=O)[O-])c2)cccc1-c1nc2cccnc2s1. The topological polar surface area (TPSA) is 141 Å². The number of carbonyl (C=O) groups is 1. The Bertz CT molecular complexity index is 1300. The number of hydrogen-bond acceptors (Lipinski definition) is 8. The zero-order chi connectivity index (χ0) is 22.1. The Morgan fingerprint density at radius 2 is 1.74 bits per heavy atom. The third-order valence-corrected chi connectivity index (χ3v) is 5.58. The van der Waals surface area contributed by atoms with Crippen LogP contribution in [0.5, 0.6) is 0 Å². The minimum atomic E-state index is -0.781. The van der Waals surface area contributed by atoms with E-state index in [1.54, 1.807) is 31.3 Å². The Morgan fingerprint density at radius 1 is 1.03 bits per heavy atom. The van der Waals surface area contributed by atoms with Crippen LogP contribution in [0.15, 0.2) is 54.7 Å². The Labute approximate surface area is 178 Å². The third-order valence-electron chi connectivity index (χ3n) is 4.57. The van der Waals surface area contributed by atoms with Crippen molar-refractivity contribution in [1.82, 2.24) is 9.97 Å². The number of nitro groups is 2. The van der Waals surface area contributed by atoms with Crippen molar-refractivity contribution in [3.63, 3.8) is 0 Å². The highest BCUT2D eigenvalue weighted by Crippen LogP contribution is 2.34. The number of rotatable bonds is 5. The number of nitrogens with zero attached hydrogens (tertiary/aromatic N) is 4. The van der Waals surface area contributed by atoms with E-state index in [-0.39, 0.29) is 5.56 Å². The molecule has 0 saturated carbocycles. The molecule has 2 aromatic heterocycles. The third kappa shape index (κ3) is 3.94. The summed E-state index contributed by atoms with van der Waals surface area (Å²) < 4.78 is 0. The van der Waals surface area contributed by atoms with Gasteiger partial charge in [-0.3, -0.25) is 25.0 Å². The number of benzene rings is 2. The van der Waals surface area contributed by atoms with Gasteiger partial charge in [0.05, 0.1) is 21.5 Å². The van der Waals surface area contributed by atoms with Crippen molar-refractivity contribution in [3.05, 3.63) is 86.1 Å². The fourth-order valence-corrected chi connectivity index (χ4v) is 4.01. The number of amides is 1. The van der Waals surface area contributed by atoms with E-state index in [0.29, 0.717) is 5.69 Å². The highest BCUT2D eigenvalue weighted by atomic mass is 32.1. The molecule has 1 amide bonds. The molecule has 0 spiro atoms. The van der Waals surface area contributed by atoms with Crippen LogP contribution in [0.2, 0.25) is 0 Å². The molecule has 1 N–H and O–H groups in total. The standard InChI is InChI=1S/C20H13N5O5S/c1-11-15(19-23-17-6-3-7-21-20(17)31-19)4-2-5-16(11)22-18(26)12-8-13(24(27)28)10-14(9-12)25(29)30/h2-10H,1H3,(H,22,26). The van der Waals surface area contributed by atoms with E-state index in [0.717, 1.165) is 44.7 Å². The van der Waals surface area contributed by atoms with Crippen molar-refractivity contribution >= 4 is 44.7 Å². The predicted octanol–water partition coefficient (Wildman–Crippen LogP) is 4.74. The van der Waals surface area contributed by atoms with E-state index >= 15 is 0 Å². The van der Waals surface area contributed by atoms with Crippen molar-refractivity contribution in [2.24, 2.45) is 0 Å². The Hall–Kier alpha value is -4.25. The second kappa shape index (κ2) is 7.88. The molecule has 0 aliphatic heterocycles. The maximum Gasteiger partial charge on any atom is 0.277 e. The molecule has 0 radical (unpaired) electrons. The lowest BCUT2D eigenvalue weighted by Crippen LogP contribution is -2.13. The molecule has 31 heavy (non-hydrogen) atoms. The van der Waals surface area contributed by atoms with Gasteiger partial charge < -0.3 is 5.32 Å². The maximum absolute atomic E-state index is 12.7. The summed E-state index contributed by atoms with van der Waals surface area (Å²) in [6.07, 6.45) is 1.69. The predicted molar refractivity (Wildman–Crippen MR) is 115 cm³/mol. The van der Waals surface area contributed by atoms with Crippen LogP contribution in [-0.2, 0) is 0 Å². The molecule has 4 rings (SSSR count). The summed E-state index contributed by atoms with van der Waals surface area (Å²) in [4.78, 5) is 43.0. The van der Waals surface area contributed by atoms with Gasteiger partial charge in [-0.1, -0.05) is 23.5 Å². The van der Waals surface area contributed by atoms with E-state index in [2.05, 4.69) is 15.3 Å². The van der Waals surface area contributed by atoms with Gasteiger partial charge in [-0.05, 0) is 30.7 Å². The molecular weight excluding hydrogens is 422 g/mol. The van der Waals surface area contributed by atoms with Gasteiger partial charge in [-0.15, -0.1) is 0 Å². The second-order valence-electron chi connectivity index (χ2n) is 6.53. The lowest BCUT2D eigenvalue weighted by Gasteiger charge is -2.11. The van der Waals surface area contributed by atoms with Crippen molar-refractivity contribution < 1.29 is 14.6 Å². The van der Waals surface area contributed by atoms with E-state index in [1.165, 1.54) is 11.3 Å². The van der Waals surface area contributed by atoms with Crippen LogP contribution in [-0.4, -0.2) is 25.7 Å². The summed E-state index contributed by atoms with van der Waals surface area (Å²) in [5.74, 6) is -0.696. The molecule has 0 aliphatic carbocycles. The molecule has 11 heteroatoms. The minimum absolute atomic E-state index is 0.185. The number of non-ortho nitro benzene ring substituents is 2. The summed E-state index contributed by atoms with van der Waals surface area (Å²) in [6, 6.07) is 11.7. The number of fused-ring (bicyclic) bond motifs is 1. The molecule has 10 nitrogen and oxygen atoms in total. The molecule has 2 heterocycles. The number of thiazole rings is 1. The molecule has 0 unspecified atom stereocenters. The average Bonchev–Trinajstić information content (AvgIpc) is 3.18. The van der Waals surface area contributed by atoms with E-state index in [1.807, 2.05) is 12.1 Å². The van der Waals surface area contributed by atoms with Gasteiger partial charge in [0.15, 0.2) is 0 Å². The fourth-order valence-electron chi connectivity index (χ4n) is 3.02. The number of anilines is 1. The summed E-state index contributed by atoms with van der Waals surface area (Å²) in [5.41, 5.74) is 1.50. The van der Waals surface area contributed by atoms with Crippen LogP contribution in [0, 0.1) is 27.2 Å². The number of pyridine rings is 1. The Balaban J connectivity index is 1.69. The summed E-state index contributed by atoms with van der Waals surface area (Å²) >= 11 is 1.41. The smallest absolute Gasteiger partial charge is 0.277 e. The number of carbonyl (C=O) groups excluding carboxylic acids is 1. The van der Waals surface area contributed by atoms with Gasteiger partial charge >= 0.3 is 0 Å².